The Balaban J connectivity index is 2.28. The van der Waals surface area contributed by atoms with Crippen molar-refractivity contribution in [3.05, 3.63) is 17.7 Å². The lowest BCUT2D eigenvalue weighted by Crippen LogP contribution is -2.36. The number of hydrogen-bond donors (Lipinski definition) is 1. The van der Waals surface area contributed by atoms with E-state index in [2.05, 4.69) is 9.97 Å². The minimum Gasteiger partial charge on any atom is -0.381 e. The lowest BCUT2D eigenvalue weighted by molar-refractivity contribution is -0.141. The molecular weight excluding hydrogens is 237 g/mol. The molecule has 0 aromatic carbocycles. The van der Waals surface area contributed by atoms with Crippen LogP contribution in [-0.4, -0.2) is 30.3 Å². The third-order valence-electron chi connectivity index (χ3n) is 2.99. The molecule has 0 spiro atoms. The molecule has 0 amide bonds. The molecule has 1 saturated heterocycles. The molecular formula is C10H13F3N2O2. The Labute approximate surface area is 96.1 Å². The van der Waals surface area contributed by atoms with Crippen LogP contribution in [0.25, 0.3) is 0 Å². The van der Waals surface area contributed by atoms with Crippen LogP contribution < -0.4 is 0 Å². The van der Waals surface area contributed by atoms with Gasteiger partial charge in [-0.25, -0.2) is 4.98 Å². The van der Waals surface area contributed by atoms with E-state index in [1.165, 1.54) is 7.11 Å². The molecule has 1 aliphatic rings. The van der Waals surface area contributed by atoms with Crippen LogP contribution in [-0.2, 0) is 21.3 Å². The second kappa shape index (κ2) is 4.30. The Hall–Kier alpha value is -1.08. The number of hydrogen-bond acceptors (Lipinski definition) is 3. The van der Waals surface area contributed by atoms with Gasteiger partial charge in [0.05, 0.1) is 0 Å². The summed E-state index contributed by atoms with van der Waals surface area (Å²) in [6.07, 6.45) is -2.58. The van der Waals surface area contributed by atoms with Crippen LogP contribution in [0.1, 0.15) is 24.4 Å². The molecule has 7 heteroatoms. The predicted molar refractivity (Wildman–Crippen MR) is 52.3 cm³/mol. The SMILES string of the molecule is COC1(c2nc(C(F)(F)F)c[nH]2)CCOCC1. The van der Waals surface area contributed by atoms with Gasteiger partial charge in [-0.2, -0.15) is 13.2 Å². The molecule has 0 radical (unpaired) electrons. The average Bonchev–Trinajstić information content (AvgIpc) is 2.79. The standard InChI is InChI=1S/C10H13F3N2O2/c1-16-9(2-4-17-5-3-9)8-14-6-7(15-8)10(11,12)13/h6H,2-5H2,1H3,(H,14,15). The van der Waals surface area contributed by atoms with Crippen molar-refractivity contribution in [2.75, 3.05) is 20.3 Å². The molecule has 1 aromatic heterocycles. The number of aromatic nitrogens is 2. The van der Waals surface area contributed by atoms with E-state index >= 15 is 0 Å². The average molecular weight is 250 g/mol. The first-order valence-electron chi connectivity index (χ1n) is 5.24. The zero-order valence-electron chi connectivity index (χ0n) is 9.30. The molecule has 1 aromatic rings. The van der Waals surface area contributed by atoms with Gasteiger partial charge in [0.1, 0.15) is 11.4 Å². The largest absolute Gasteiger partial charge is 0.434 e. The summed E-state index contributed by atoms with van der Waals surface area (Å²) < 4.78 is 47.9. The van der Waals surface area contributed by atoms with E-state index in [0.717, 1.165) is 6.20 Å². The first-order valence-corrected chi connectivity index (χ1v) is 5.24. The summed E-state index contributed by atoms with van der Waals surface area (Å²) in [5, 5.41) is 0. The van der Waals surface area contributed by atoms with E-state index in [9.17, 15) is 13.2 Å². The van der Waals surface area contributed by atoms with Gasteiger partial charge in [-0.1, -0.05) is 0 Å². The van der Waals surface area contributed by atoms with Crippen LogP contribution in [0.4, 0.5) is 13.2 Å². The van der Waals surface area contributed by atoms with Gasteiger partial charge in [0, 0.05) is 39.4 Å². The van der Waals surface area contributed by atoms with Crippen molar-refractivity contribution >= 4 is 0 Å². The number of imidazole rings is 1. The van der Waals surface area contributed by atoms with E-state index in [1.54, 1.807) is 0 Å². The lowest BCUT2D eigenvalue weighted by atomic mass is 9.93. The van der Waals surface area contributed by atoms with Crippen molar-refractivity contribution in [2.24, 2.45) is 0 Å². The zero-order chi connectivity index (χ0) is 12.5. The maximum atomic E-state index is 12.4. The van der Waals surface area contributed by atoms with Crippen LogP contribution in [0.15, 0.2) is 6.20 Å². The van der Waals surface area contributed by atoms with E-state index in [0.29, 0.717) is 26.1 Å². The smallest absolute Gasteiger partial charge is 0.381 e. The molecule has 4 nitrogen and oxygen atoms in total. The fourth-order valence-electron chi connectivity index (χ4n) is 1.94. The van der Waals surface area contributed by atoms with Crippen molar-refractivity contribution < 1.29 is 22.6 Å². The van der Waals surface area contributed by atoms with Crippen LogP contribution in [0.5, 0.6) is 0 Å². The maximum Gasteiger partial charge on any atom is 0.434 e. The quantitative estimate of drug-likeness (QED) is 0.874. The molecule has 1 aliphatic heterocycles. The summed E-state index contributed by atoms with van der Waals surface area (Å²) in [5.74, 6) is 0.218. The Morgan fingerprint density at radius 1 is 1.41 bits per heavy atom. The molecule has 17 heavy (non-hydrogen) atoms. The summed E-state index contributed by atoms with van der Waals surface area (Å²) in [4.78, 5) is 6.15. The number of rotatable bonds is 2. The third-order valence-corrected chi connectivity index (χ3v) is 2.99. The third kappa shape index (κ3) is 2.30. The van der Waals surface area contributed by atoms with Crippen LogP contribution in [0.3, 0.4) is 0 Å². The number of methoxy groups -OCH3 is 1. The second-order valence-electron chi connectivity index (χ2n) is 3.94. The monoisotopic (exact) mass is 250 g/mol. The second-order valence-corrected chi connectivity index (χ2v) is 3.94. The fourth-order valence-corrected chi connectivity index (χ4v) is 1.94. The van der Waals surface area contributed by atoms with Gasteiger partial charge < -0.3 is 14.5 Å². The Morgan fingerprint density at radius 3 is 2.53 bits per heavy atom. The molecule has 96 valence electrons. The van der Waals surface area contributed by atoms with Crippen molar-refractivity contribution in [2.45, 2.75) is 24.6 Å². The van der Waals surface area contributed by atoms with Crippen molar-refractivity contribution in [1.82, 2.24) is 9.97 Å². The molecule has 1 fully saturated rings. The summed E-state index contributed by atoms with van der Waals surface area (Å²) in [7, 11) is 1.47. The van der Waals surface area contributed by atoms with Gasteiger partial charge in [-0.05, 0) is 0 Å². The molecule has 0 saturated carbocycles. The van der Waals surface area contributed by atoms with Crippen molar-refractivity contribution in [3.8, 4) is 0 Å². The fraction of sp³-hybridized carbons (Fsp3) is 0.700. The molecule has 2 heterocycles. The Kier molecular flexibility index (Phi) is 3.13. The number of alkyl halides is 3. The van der Waals surface area contributed by atoms with Crippen LogP contribution >= 0.6 is 0 Å². The number of H-pyrrole nitrogens is 1. The molecule has 0 bridgehead atoms. The van der Waals surface area contributed by atoms with E-state index in [4.69, 9.17) is 9.47 Å². The van der Waals surface area contributed by atoms with Crippen molar-refractivity contribution in [1.29, 1.82) is 0 Å². The number of nitrogens with one attached hydrogen (secondary N) is 1. The molecule has 0 unspecified atom stereocenters. The summed E-state index contributed by atoms with van der Waals surface area (Å²) >= 11 is 0. The summed E-state index contributed by atoms with van der Waals surface area (Å²) in [6.45, 7) is 0.909. The van der Waals surface area contributed by atoms with Gasteiger partial charge in [0.2, 0.25) is 0 Å². The van der Waals surface area contributed by atoms with E-state index in [-0.39, 0.29) is 5.82 Å². The van der Waals surface area contributed by atoms with Crippen LogP contribution in [0.2, 0.25) is 0 Å². The Bertz CT molecular complexity index is 383. The number of halogens is 3. The predicted octanol–water partition coefficient (Wildman–Crippen LogP) is 2.08. The minimum absolute atomic E-state index is 0.218. The highest BCUT2D eigenvalue weighted by Crippen LogP contribution is 2.35. The maximum absolute atomic E-state index is 12.4. The Morgan fingerprint density at radius 2 is 2.06 bits per heavy atom. The van der Waals surface area contributed by atoms with Gasteiger partial charge >= 0.3 is 6.18 Å². The van der Waals surface area contributed by atoms with Gasteiger partial charge in [-0.3, -0.25) is 0 Å². The first-order chi connectivity index (χ1) is 7.98. The summed E-state index contributed by atoms with van der Waals surface area (Å²) in [5.41, 5.74) is -1.71. The van der Waals surface area contributed by atoms with E-state index in [1.807, 2.05) is 0 Å². The molecule has 1 N–H and O–H groups in total. The molecule has 0 aliphatic carbocycles. The topological polar surface area (TPSA) is 47.1 Å². The van der Waals surface area contributed by atoms with Gasteiger partial charge in [0.25, 0.3) is 0 Å². The number of nitrogens with zero attached hydrogens (tertiary/aromatic N) is 1. The van der Waals surface area contributed by atoms with E-state index < -0.39 is 17.5 Å². The zero-order valence-corrected chi connectivity index (χ0v) is 9.30. The molecule has 2 rings (SSSR count). The first kappa shape index (κ1) is 12.4. The lowest BCUT2D eigenvalue weighted by Gasteiger charge is -2.33. The van der Waals surface area contributed by atoms with Crippen molar-refractivity contribution in [3.63, 3.8) is 0 Å². The summed E-state index contributed by atoms with van der Waals surface area (Å²) in [6, 6.07) is 0. The highest BCUT2D eigenvalue weighted by atomic mass is 19.4. The highest BCUT2D eigenvalue weighted by Gasteiger charge is 2.40. The van der Waals surface area contributed by atoms with Crippen LogP contribution in [0, 0.1) is 0 Å². The number of aromatic amines is 1. The molecule has 0 atom stereocenters. The van der Waals surface area contributed by atoms with Gasteiger partial charge in [0.15, 0.2) is 5.69 Å². The highest BCUT2D eigenvalue weighted by molar-refractivity contribution is 5.12. The van der Waals surface area contributed by atoms with Gasteiger partial charge in [-0.15, -0.1) is 0 Å². The normalized spacial score (nSPS) is 20.5. The minimum atomic E-state index is -4.44. The number of ether oxygens (including phenoxy) is 2.